The van der Waals surface area contributed by atoms with Gasteiger partial charge in [-0.25, -0.2) is 4.79 Å². The zero-order valence-electron chi connectivity index (χ0n) is 15.0. The van der Waals surface area contributed by atoms with Gasteiger partial charge in [0.25, 0.3) is 5.56 Å². The highest BCUT2D eigenvalue weighted by molar-refractivity contribution is 7.94. The first-order valence-corrected chi connectivity index (χ1v) is 9.32. The van der Waals surface area contributed by atoms with Crippen molar-refractivity contribution in [3.8, 4) is 11.3 Å². The van der Waals surface area contributed by atoms with Crippen molar-refractivity contribution < 1.29 is 9.32 Å². The molecule has 0 aliphatic carbocycles. The van der Waals surface area contributed by atoms with Gasteiger partial charge in [0.15, 0.2) is 0 Å². The van der Waals surface area contributed by atoms with Gasteiger partial charge in [0.2, 0.25) is 0 Å². The van der Waals surface area contributed by atoms with Crippen molar-refractivity contribution in [3.05, 3.63) is 75.6 Å². The minimum Gasteiger partial charge on any atom is -0.307 e. The van der Waals surface area contributed by atoms with Crippen LogP contribution in [0.5, 0.6) is 0 Å². The molecule has 2 aromatic carbocycles. The maximum atomic E-state index is 12.6. The van der Waals surface area contributed by atoms with Crippen LogP contribution in [0, 0.1) is 0 Å². The fourth-order valence-corrected chi connectivity index (χ4v) is 3.25. The van der Waals surface area contributed by atoms with Crippen molar-refractivity contribution in [2.75, 3.05) is 0 Å². The number of rotatable bonds is 7. The lowest BCUT2D eigenvalue weighted by Crippen LogP contribution is -2.36. The summed E-state index contributed by atoms with van der Waals surface area (Å²) in [7, 11) is 0. The summed E-state index contributed by atoms with van der Waals surface area (Å²) in [5.41, 5.74) is 1.26. The molecule has 0 fully saturated rings. The number of benzene rings is 2. The van der Waals surface area contributed by atoms with Gasteiger partial charge in [-0.1, -0.05) is 29.5 Å². The molecule has 0 bridgehead atoms. The topological polar surface area (TPSA) is 130 Å². The molecule has 148 valence electrons. The van der Waals surface area contributed by atoms with Crippen LogP contribution in [0.4, 0.5) is 0 Å². The summed E-state index contributed by atoms with van der Waals surface area (Å²) < 4.78 is 7.35. The fourth-order valence-electron chi connectivity index (χ4n) is 2.88. The van der Waals surface area contributed by atoms with E-state index in [1.54, 1.807) is 35.1 Å². The van der Waals surface area contributed by atoms with Crippen molar-refractivity contribution in [3.63, 3.8) is 0 Å². The zero-order valence-corrected chi connectivity index (χ0v) is 15.8. The number of aromatic amines is 1. The SMILES string of the molecule is NOOSc1ccc(-c2cn(CCn3c(=O)[nH]c4ccccc4c3=O)nn2)cc1. The highest BCUT2D eigenvalue weighted by Crippen LogP contribution is 2.23. The fraction of sp³-hybridized carbons (Fsp3) is 0.111. The Balaban J connectivity index is 1.50. The first-order chi connectivity index (χ1) is 14.2. The molecule has 2 heterocycles. The van der Waals surface area contributed by atoms with E-state index in [4.69, 9.17) is 5.90 Å². The van der Waals surface area contributed by atoms with Gasteiger partial charge in [0.1, 0.15) is 5.69 Å². The smallest absolute Gasteiger partial charge is 0.307 e. The van der Waals surface area contributed by atoms with E-state index in [1.165, 1.54) is 0 Å². The Morgan fingerprint density at radius 1 is 1.07 bits per heavy atom. The molecule has 3 N–H and O–H groups in total. The molecule has 0 radical (unpaired) electrons. The van der Waals surface area contributed by atoms with E-state index in [-0.39, 0.29) is 12.1 Å². The Morgan fingerprint density at radius 3 is 2.66 bits per heavy atom. The van der Waals surface area contributed by atoms with E-state index in [2.05, 4.69) is 24.6 Å². The monoisotopic (exact) mass is 412 g/mol. The molecule has 0 unspecified atom stereocenters. The van der Waals surface area contributed by atoms with Crippen LogP contribution in [0.15, 0.2) is 69.2 Å². The highest BCUT2D eigenvalue weighted by Gasteiger charge is 2.09. The molecular formula is C18H16N6O4S. The van der Waals surface area contributed by atoms with Crippen molar-refractivity contribution in [2.24, 2.45) is 5.90 Å². The number of hydrogen-bond acceptors (Lipinski definition) is 8. The molecule has 11 heteroatoms. The van der Waals surface area contributed by atoms with Crippen molar-refractivity contribution in [2.45, 2.75) is 18.0 Å². The Kier molecular flexibility index (Phi) is 5.53. The third-order valence-electron chi connectivity index (χ3n) is 4.30. The zero-order chi connectivity index (χ0) is 20.2. The van der Waals surface area contributed by atoms with E-state index in [0.29, 0.717) is 23.1 Å². The molecule has 4 rings (SSSR count). The van der Waals surface area contributed by atoms with Gasteiger partial charge >= 0.3 is 5.69 Å². The summed E-state index contributed by atoms with van der Waals surface area (Å²) in [4.78, 5) is 32.4. The molecule has 4 aromatic rings. The molecule has 0 saturated carbocycles. The largest absolute Gasteiger partial charge is 0.328 e. The number of aryl methyl sites for hydroxylation is 1. The van der Waals surface area contributed by atoms with E-state index in [9.17, 15) is 9.59 Å². The number of fused-ring (bicyclic) bond motifs is 1. The molecule has 10 nitrogen and oxygen atoms in total. The van der Waals surface area contributed by atoms with E-state index in [0.717, 1.165) is 27.1 Å². The summed E-state index contributed by atoms with van der Waals surface area (Å²) in [6, 6.07) is 14.3. The molecular weight excluding hydrogens is 396 g/mol. The van der Waals surface area contributed by atoms with Crippen LogP contribution in [-0.4, -0.2) is 24.5 Å². The van der Waals surface area contributed by atoms with Crippen LogP contribution in [-0.2, 0) is 22.4 Å². The quantitative estimate of drug-likeness (QED) is 0.265. The van der Waals surface area contributed by atoms with Crippen LogP contribution < -0.4 is 17.1 Å². The lowest BCUT2D eigenvalue weighted by Gasteiger charge is -2.06. The number of H-pyrrole nitrogens is 1. The average Bonchev–Trinajstić information content (AvgIpc) is 3.21. The minimum absolute atomic E-state index is 0.174. The van der Waals surface area contributed by atoms with Gasteiger partial charge < -0.3 is 4.98 Å². The van der Waals surface area contributed by atoms with Gasteiger partial charge in [-0.15, -0.1) is 14.4 Å². The van der Waals surface area contributed by atoms with Gasteiger partial charge in [0.05, 0.1) is 42.2 Å². The van der Waals surface area contributed by atoms with Crippen molar-refractivity contribution in [1.82, 2.24) is 24.5 Å². The molecule has 2 aromatic heterocycles. The van der Waals surface area contributed by atoms with Crippen LogP contribution in [0.25, 0.3) is 22.2 Å². The minimum atomic E-state index is -0.453. The maximum Gasteiger partial charge on any atom is 0.328 e. The highest BCUT2D eigenvalue weighted by atomic mass is 32.2. The number of nitrogens with zero attached hydrogens (tertiary/aromatic N) is 4. The third-order valence-corrected chi connectivity index (χ3v) is 4.91. The number of nitrogens with two attached hydrogens (primary N) is 1. The van der Waals surface area contributed by atoms with Crippen LogP contribution in [0.1, 0.15) is 0 Å². The molecule has 0 atom stereocenters. The number of nitrogens with one attached hydrogen (secondary N) is 1. The Bertz CT molecular complexity index is 1250. The number of hydrogen-bond donors (Lipinski definition) is 2. The Labute approximate surface area is 168 Å². The molecule has 29 heavy (non-hydrogen) atoms. The number of aromatic nitrogens is 5. The first kappa shape index (κ1) is 19.1. The van der Waals surface area contributed by atoms with E-state index < -0.39 is 5.69 Å². The van der Waals surface area contributed by atoms with Gasteiger partial charge in [-0.3, -0.25) is 14.0 Å². The lowest BCUT2D eigenvalue weighted by molar-refractivity contribution is -0.195. The van der Waals surface area contributed by atoms with Gasteiger partial charge in [-0.2, -0.15) is 5.90 Å². The predicted molar refractivity (Wildman–Crippen MR) is 107 cm³/mol. The first-order valence-electron chi connectivity index (χ1n) is 8.58. The van der Waals surface area contributed by atoms with Crippen LogP contribution in [0.3, 0.4) is 0 Å². The standard InChI is InChI=1S/C18H16N6O4S/c19-27-28-29-13-7-5-12(6-8-13)16-11-23(22-21-16)9-10-24-17(25)14-3-1-2-4-15(14)20-18(24)26/h1-8,11H,9-10,19H2,(H,20,26). The summed E-state index contributed by atoms with van der Waals surface area (Å²) in [6.45, 7) is 0.498. The Morgan fingerprint density at radius 2 is 1.86 bits per heavy atom. The second kappa shape index (κ2) is 8.41. The second-order valence-corrected chi connectivity index (χ2v) is 6.85. The van der Waals surface area contributed by atoms with Crippen molar-refractivity contribution in [1.29, 1.82) is 0 Å². The Hall–Kier alpha value is -3.25. The summed E-state index contributed by atoms with van der Waals surface area (Å²) in [5.74, 6) is 4.81. The molecule has 0 aliphatic heterocycles. The summed E-state index contributed by atoms with van der Waals surface area (Å²) in [6.07, 6.45) is 1.75. The lowest BCUT2D eigenvalue weighted by atomic mass is 10.2. The van der Waals surface area contributed by atoms with Crippen molar-refractivity contribution >= 4 is 22.9 Å². The molecule has 0 spiro atoms. The second-order valence-electron chi connectivity index (χ2n) is 6.07. The van der Waals surface area contributed by atoms with Gasteiger partial charge in [0, 0.05) is 10.5 Å². The van der Waals surface area contributed by atoms with E-state index >= 15 is 0 Å². The maximum absolute atomic E-state index is 12.6. The molecule has 0 saturated heterocycles. The number of para-hydroxylation sites is 1. The molecule has 0 aliphatic rings. The van der Waals surface area contributed by atoms with Crippen LogP contribution in [0.2, 0.25) is 0 Å². The van der Waals surface area contributed by atoms with E-state index in [1.807, 2.05) is 24.3 Å². The van der Waals surface area contributed by atoms with Crippen LogP contribution >= 0.6 is 12.0 Å². The third kappa shape index (κ3) is 4.12. The molecule has 0 amide bonds. The predicted octanol–water partition coefficient (Wildman–Crippen LogP) is 1.48. The summed E-state index contributed by atoms with van der Waals surface area (Å²) >= 11 is 0.985. The summed E-state index contributed by atoms with van der Waals surface area (Å²) in [5, 5.41) is 8.68. The van der Waals surface area contributed by atoms with Gasteiger partial charge in [-0.05, 0) is 24.3 Å². The normalized spacial score (nSPS) is 11.2. The average molecular weight is 412 g/mol.